The molecule has 0 unspecified atom stereocenters. The summed E-state index contributed by atoms with van der Waals surface area (Å²) in [7, 11) is 0. The number of hydrogen-bond donors (Lipinski definition) is 1. The van der Waals surface area contributed by atoms with E-state index in [-0.39, 0.29) is 35.8 Å². The van der Waals surface area contributed by atoms with Crippen LogP contribution in [0.4, 0.5) is 17.1 Å². The summed E-state index contributed by atoms with van der Waals surface area (Å²) in [5.41, 5.74) is 1.09. The molecule has 11 heteroatoms. The smallest absolute Gasteiger partial charge is 0.269 e. The molecule has 0 saturated carbocycles. The number of rotatable bonds is 7. The van der Waals surface area contributed by atoms with Crippen molar-refractivity contribution in [1.82, 2.24) is 10.2 Å². The molecule has 0 bridgehead atoms. The molecule has 1 aliphatic rings. The molecule has 0 aromatic heterocycles. The minimum absolute atomic E-state index is 0.0355. The molecule has 2 aromatic carbocycles. The lowest BCUT2D eigenvalue weighted by Crippen LogP contribution is -2.49. The molecule has 3 rings (SSSR count). The van der Waals surface area contributed by atoms with E-state index in [9.17, 15) is 29.8 Å². The number of benzene rings is 2. The van der Waals surface area contributed by atoms with E-state index in [0.717, 1.165) is 5.69 Å². The number of nitrogens with one attached hydrogen (secondary N) is 1. The van der Waals surface area contributed by atoms with E-state index in [4.69, 9.17) is 0 Å². The SMILES string of the molecule is O=C(NCCC(=O)N1CCN(c2ccc([N+](=O)[O-])cc2)CC1)c1ccc([N+](=O)[O-])cc1. The summed E-state index contributed by atoms with van der Waals surface area (Å²) in [6.45, 7) is 2.42. The van der Waals surface area contributed by atoms with E-state index in [1.807, 2.05) is 0 Å². The van der Waals surface area contributed by atoms with Crippen molar-refractivity contribution in [2.75, 3.05) is 37.6 Å². The molecule has 1 fully saturated rings. The largest absolute Gasteiger partial charge is 0.368 e. The molecule has 31 heavy (non-hydrogen) atoms. The number of piperazine rings is 1. The first-order valence-electron chi connectivity index (χ1n) is 9.65. The number of nitro groups is 2. The average molecular weight is 427 g/mol. The Morgan fingerprint density at radius 1 is 0.839 bits per heavy atom. The van der Waals surface area contributed by atoms with E-state index in [0.29, 0.717) is 26.2 Å². The summed E-state index contributed by atoms with van der Waals surface area (Å²) in [4.78, 5) is 48.7. The molecule has 0 aliphatic carbocycles. The molecule has 162 valence electrons. The van der Waals surface area contributed by atoms with Gasteiger partial charge in [0.2, 0.25) is 5.91 Å². The normalized spacial score (nSPS) is 13.5. The van der Waals surface area contributed by atoms with Gasteiger partial charge in [-0.25, -0.2) is 0 Å². The lowest BCUT2D eigenvalue weighted by atomic mass is 10.2. The van der Waals surface area contributed by atoms with Crippen LogP contribution in [-0.2, 0) is 4.79 Å². The summed E-state index contributed by atoms with van der Waals surface area (Å²) in [6.07, 6.45) is 0.149. The molecule has 2 aromatic rings. The topological polar surface area (TPSA) is 139 Å². The maximum Gasteiger partial charge on any atom is 0.269 e. The minimum atomic E-state index is -0.540. The summed E-state index contributed by atoms with van der Waals surface area (Å²) in [6, 6.07) is 11.6. The van der Waals surface area contributed by atoms with Gasteiger partial charge in [0, 0.05) is 74.7 Å². The van der Waals surface area contributed by atoms with Crippen molar-refractivity contribution < 1.29 is 19.4 Å². The van der Waals surface area contributed by atoms with E-state index >= 15 is 0 Å². The van der Waals surface area contributed by atoms with Crippen LogP contribution >= 0.6 is 0 Å². The van der Waals surface area contributed by atoms with Crippen LogP contribution in [0, 0.1) is 20.2 Å². The zero-order valence-electron chi connectivity index (χ0n) is 16.6. The first-order valence-corrected chi connectivity index (χ1v) is 9.65. The highest BCUT2D eigenvalue weighted by Crippen LogP contribution is 2.20. The number of anilines is 1. The highest BCUT2D eigenvalue weighted by atomic mass is 16.6. The molecule has 11 nitrogen and oxygen atoms in total. The van der Waals surface area contributed by atoms with Gasteiger partial charge in [0.05, 0.1) is 9.85 Å². The molecule has 1 aliphatic heterocycles. The Morgan fingerprint density at radius 3 is 1.87 bits per heavy atom. The summed E-state index contributed by atoms with van der Waals surface area (Å²) in [5.74, 6) is -0.474. The molecule has 1 saturated heterocycles. The average Bonchev–Trinajstić information content (AvgIpc) is 2.79. The molecule has 0 radical (unpaired) electrons. The van der Waals surface area contributed by atoms with Crippen LogP contribution in [0.5, 0.6) is 0 Å². The molecule has 0 spiro atoms. The molecule has 1 heterocycles. The van der Waals surface area contributed by atoms with Crippen LogP contribution in [0.25, 0.3) is 0 Å². The van der Waals surface area contributed by atoms with Gasteiger partial charge >= 0.3 is 0 Å². The van der Waals surface area contributed by atoms with Crippen molar-refractivity contribution in [1.29, 1.82) is 0 Å². The molecule has 1 N–H and O–H groups in total. The zero-order chi connectivity index (χ0) is 22.4. The van der Waals surface area contributed by atoms with Gasteiger partial charge in [-0.05, 0) is 24.3 Å². The van der Waals surface area contributed by atoms with Gasteiger partial charge in [0.15, 0.2) is 0 Å². The van der Waals surface area contributed by atoms with Crippen LogP contribution in [0.3, 0.4) is 0 Å². The monoisotopic (exact) mass is 427 g/mol. The Labute approximate surface area is 177 Å². The van der Waals surface area contributed by atoms with Crippen LogP contribution in [0.2, 0.25) is 0 Å². The Morgan fingerprint density at radius 2 is 1.35 bits per heavy atom. The van der Waals surface area contributed by atoms with E-state index in [2.05, 4.69) is 10.2 Å². The number of nitrogens with zero attached hydrogens (tertiary/aromatic N) is 4. The highest BCUT2D eigenvalue weighted by molar-refractivity contribution is 5.94. The van der Waals surface area contributed by atoms with Crippen LogP contribution in [0.1, 0.15) is 16.8 Å². The molecule has 0 atom stereocenters. The highest BCUT2D eigenvalue weighted by Gasteiger charge is 2.21. The third-order valence-electron chi connectivity index (χ3n) is 5.02. The lowest BCUT2D eigenvalue weighted by molar-refractivity contribution is -0.385. The van der Waals surface area contributed by atoms with Gasteiger partial charge < -0.3 is 15.1 Å². The van der Waals surface area contributed by atoms with Crippen LogP contribution in [0.15, 0.2) is 48.5 Å². The number of carbonyl (C=O) groups is 2. The fourth-order valence-electron chi connectivity index (χ4n) is 3.28. The first kappa shape index (κ1) is 21.7. The minimum Gasteiger partial charge on any atom is -0.368 e. The first-order chi connectivity index (χ1) is 14.8. The Balaban J connectivity index is 1.42. The summed E-state index contributed by atoms with van der Waals surface area (Å²) >= 11 is 0. The van der Waals surface area contributed by atoms with Crippen molar-refractivity contribution >= 4 is 28.9 Å². The van der Waals surface area contributed by atoms with Gasteiger partial charge in [-0.2, -0.15) is 0 Å². The second-order valence-electron chi connectivity index (χ2n) is 6.95. The fourth-order valence-corrected chi connectivity index (χ4v) is 3.28. The molecular formula is C20H21N5O6. The lowest BCUT2D eigenvalue weighted by Gasteiger charge is -2.36. The number of carbonyl (C=O) groups excluding carboxylic acids is 2. The third-order valence-corrected chi connectivity index (χ3v) is 5.02. The quantitative estimate of drug-likeness (QED) is 0.526. The zero-order valence-corrected chi connectivity index (χ0v) is 16.6. The Hall–Kier alpha value is -4.02. The van der Waals surface area contributed by atoms with Crippen LogP contribution in [-0.4, -0.2) is 59.3 Å². The van der Waals surface area contributed by atoms with Crippen molar-refractivity contribution in [2.24, 2.45) is 0 Å². The number of non-ortho nitro benzene ring substituents is 2. The van der Waals surface area contributed by atoms with Crippen molar-refractivity contribution in [3.8, 4) is 0 Å². The van der Waals surface area contributed by atoms with Crippen molar-refractivity contribution in [2.45, 2.75) is 6.42 Å². The van der Waals surface area contributed by atoms with Gasteiger partial charge in [0.1, 0.15) is 0 Å². The van der Waals surface area contributed by atoms with E-state index < -0.39 is 15.8 Å². The van der Waals surface area contributed by atoms with E-state index in [1.54, 1.807) is 17.0 Å². The molecular weight excluding hydrogens is 406 g/mol. The maximum atomic E-state index is 12.4. The van der Waals surface area contributed by atoms with Gasteiger partial charge in [0.25, 0.3) is 17.3 Å². The van der Waals surface area contributed by atoms with E-state index in [1.165, 1.54) is 36.4 Å². The fraction of sp³-hybridized carbons (Fsp3) is 0.300. The number of amides is 2. The Bertz CT molecular complexity index is 969. The van der Waals surface area contributed by atoms with Gasteiger partial charge in [-0.3, -0.25) is 29.8 Å². The third kappa shape index (κ3) is 5.53. The Kier molecular flexibility index (Phi) is 6.75. The molecule has 2 amide bonds. The van der Waals surface area contributed by atoms with Crippen molar-refractivity contribution in [3.63, 3.8) is 0 Å². The maximum absolute atomic E-state index is 12.4. The summed E-state index contributed by atoms with van der Waals surface area (Å²) in [5, 5.41) is 24.0. The standard InChI is InChI=1S/C20H21N5O6/c26-19(9-10-21-20(27)15-1-3-17(4-2-15)24(28)29)23-13-11-22(12-14-23)16-5-7-18(8-6-16)25(30)31/h1-8H,9-14H2,(H,21,27). The van der Waals surface area contributed by atoms with Gasteiger partial charge in [-0.15, -0.1) is 0 Å². The predicted octanol–water partition coefficient (Wildman–Crippen LogP) is 1.97. The summed E-state index contributed by atoms with van der Waals surface area (Å²) < 4.78 is 0. The number of nitro benzene ring substituents is 2. The second kappa shape index (κ2) is 9.65. The van der Waals surface area contributed by atoms with Crippen molar-refractivity contribution in [3.05, 3.63) is 74.3 Å². The predicted molar refractivity (Wildman–Crippen MR) is 112 cm³/mol. The van der Waals surface area contributed by atoms with Gasteiger partial charge in [-0.1, -0.05) is 0 Å². The number of hydrogen-bond acceptors (Lipinski definition) is 7. The second-order valence-corrected chi connectivity index (χ2v) is 6.95. The van der Waals surface area contributed by atoms with Crippen LogP contribution < -0.4 is 10.2 Å².